The van der Waals surface area contributed by atoms with Gasteiger partial charge in [-0.25, -0.2) is 9.97 Å². The number of hydrogen-bond donors (Lipinski definition) is 0. The molecule has 358 valence electrons. The van der Waals surface area contributed by atoms with Gasteiger partial charge in [-0.15, -0.1) is 0 Å². The van der Waals surface area contributed by atoms with E-state index in [2.05, 4.69) is 228 Å². The van der Waals surface area contributed by atoms with Crippen molar-refractivity contribution in [1.29, 1.82) is 5.26 Å². The quantitative estimate of drug-likeness (QED) is 0.160. The monoisotopic (exact) mass is 955 g/mol. The summed E-state index contributed by atoms with van der Waals surface area (Å²) in [5, 5.41) is 15.8. The molecule has 12 aromatic rings. The zero-order valence-corrected chi connectivity index (χ0v) is 43.8. The fraction of sp³-hybridized carbons (Fsp3) is 0.145. The summed E-state index contributed by atoms with van der Waals surface area (Å²) in [6, 6.07) is 63.0. The SMILES string of the molecule is Cc1ccc(-c2ccc3c4ccc(-c5ccc(C)cc5C)cc4n(-c4cc(C#N)cc(-n5c6cc(-c7ccc(C)cc7C)ccc6c6ccc(-c7ccc(C)cc7C)cc65)c4-c4nc(C)cc(C)n4)c3c2)c(C)c1. The second-order valence-electron chi connectivity index (χ2n) is 20.8. The first-order valence-electron chi connectivity index (χ1n) is 25.6. The highest BCUT2D eigenvalue weighted by molar-refractivity contribution is 6.14. The minimum Gasteiger partial charge on any atom is -0.308 e. The van der Waals surface area contributed by atoms with Crippen molar-refractivity contribution in [3.63, 3.8) is 0 Å². The van der Waals surface area contributed by atoms with Crippen LogP contribution in [0.5, 0.6) is 0 Å². The van der Waals surface area contributed by atoms with E-state index in [-0.39, 0.29) is 0 Å². The van der Waals surface area contributed by atoms with E-state index >= 15 is 0 Å². The van der Waals surface area contributed by atoms with Crippen molar-refractivity contribution < 1.29 is 0 Å². The van der Waals surface area contributed by atoms with Gasteiger partial charge in [0, 0.05) is 32.9 Å². The van der Waals surface area contributed by atoms with Crippen LogP contribution in [0.4, 0.5) is 0 Å². The molecule has 0 spiro atoms. The summed E-state index contributed by atoms with van der Waals surface area (Å²) >= 11 is 0. The van der Waals surface area contributed by atoms with Gasteiger partial charge < -0.3 is 9.13 Å². The average Bonchev–Trinajstić information content (AvgIpc) is 3.88. The molecular formula is C69H57N5. The lowest BCUT2D eigenvalue weighted by atomic mass is 9.96. The predicted octanol–water partition coefficient (Wildman–Crippen LogP) is 18.0. The Morgan fingerprint density at radius 1 is 0.338 bits per heavy atom. The van der Waals surface area contributed by atoms with Gasteiger partial charge in [-0.2, -0.15) is 5.26 Å². The van der Waals surface area contributed by atoms with Gasteiger partial charge in [0.25, 0.3) is 0 Å². The van der Waals surface area contributed by atoms with E-state index in [9.17, 15) is 5.26 Å². The second-order valence-corrected chi connectivity index (χ2v) is 20.8. The van der Waals surface area contributed by atoms with Crippen LogP contribution in [-0.2, 0) is 0 Å². The maximum absolute atomic E-state index is 11.4. The third kappa shape index (κ3) is 7.77. The highest BCUT2D eigenvalue weighted by Crippen LogP contribution is 2.45. The fourth-order valence-corrected chi connectivity index (χ4v) is 11.9. The number of fused-ring (bicyclic) bond motifs is 6. The first kappa shape index (κ1) is 46.2. The third-order valence-electron chi connectivity index (χ3n) is 15.2. The van der Waals surface area contributed by atoms with E-state index in [4.69, 9.17) is 9.97 Å². The summed E-state index contributed by atoms with van der Waals surface area (Å²) in [6.07, 6.45) is 0. The molecule has 0 fully saturated rings. The zero-order chi connectivity index (χ0) is 51.3. The summed E-state index contributed by atoms with van der Waals surface area (Å²) in [4.78, 5) is 10.7. The van der Waals surface area contributed by atoms with Gasteiger partial charge in [-0.1, -0.05) is 144 Å². The van der Waals surface area contributed by atoms with Crippen molar-refractivity contribution in [3.8, 4) is 73.3 Å². The Kier molecular flexibility index (Phi) is 11.1. The molecule has 0 bridgehead atoms. The minimum absolute atomic E-state index is 0.528. The van der Waals surface area contributed by atoms with Crippen LogP contribution in [0.25, 0.3) is 111 Å². The predicted molar refractivity (Wildman–Crippen MR) is 310 cm³/mol. The summed E-state index contributed by atoms with van der Waals surface area (Å²) in [5.74, 6) is 0.592. The lowest BCUT2D eigenvalue weighted by Crippen LogP contribution is -2.08. The normalized spacial score (nSPS) is 11.6. The number of hydrogen-bond acceptors (Lipinski definition) is 3. The van der Waals surface area contributed by atoms with Crippen molar-refractivity contribution in [2.24, 2.45) is 0 Å². The molecule has 0 N–H and O–H groups in total. The molecule has 5 heteroatoms. The van der Waals surface area contributed by atoms with Crippen LogP contribution in [0.2, 0.25) is 0 Å². The molecule has 0 unspecified atom stereocenters. The van der Waals surface area contributed by atoms with E-state index < -0.39 is 0 Å². The molecule has 3 heterocycles. The number of benzene rings is 9. The molecule has 0 saturated carbocycles. The zero-order valence-electron chi connectivity index (χ0n) is 43.8. The van der Waals surface area contributed by atoms with Crippen LogP contribution >= 0.6 is 0 Å². The van der Waals surface area contributed by atoms with Crippen LogP contribution < -0.4 is 0 Å². The van der Waals surface area contributed by atoms with E-state index in [1.54, 1.807) is 0 Å². The van der Waals surface area contributed by atoms with Crippen LogP contribution in [0.3, 0.4) is 0 Å². The molecule has 0 aliphatic rings. The largest absolute Gasteiger partial charge is 0.308 e. The van der Waals surface area contributed by atoms with Gasteiger partial charge in [0.05, 0.1) is 50.6 Å². The Morgan fingerprint density at radius 3 is 0.905 bits per heavy atom. The van der Waals surface area contributed by atoms with Crippen LogP contribution in [-0.4, -0.2) is 19.1 Å². The summed E-state index contributed by atoms with van der Waals surface area (Å²) < 4.78 is 4.78. The van der Waals surface area contributed by atoms with Gasteiger partial charge in [-0.05, 0) is 178 Å². The number of aryl methyl sites for hydroxylation is 10. The molecule has 0 aliphatic heterocycles. The van der Waals surface area contributed by atoms with E-state index in [0.717, 1.165) is 94.2 Å². The van der Waals surface area contributed by atoms with Gasteiger partial charge >= 0.3 is 0 Å². The molecule has 74 heavy (non-hydrogen) atoms. The van der Waals surface area contributed by atoms with Crippen molar-refractivity contribution in [2.75, 3.05) is 0 Å². The Bertz CT molecular complexity index is 3900. The number of nitriles is 1. The minimum atomic E-state index is 0.528. The number of aromatic nitrogens is 4. The lowest BCUT2D eigenvalue weighted by molar-refractivity contribution is 1.04. The number of nitrogens with zero attached hydrogens (tertiary/aromatic N) is 5. The van der Waals surface area contributed by atoms with Crippen LogP contribution in [0.1, 0.15) is 61.5 Å². The van der Waals surface area contributed by atoms with E-state index in [1.165, 1.54) is 66.8 Å². The molecule has 3 aromatic heterocycles. The second kappa shape index (κ2) is 17.7. The smallest absolute Gasteiger partial charge is 0.163 e. The summed E-state index contributed by atoms with van der Waals surface area (Å²) in [5.41, 5.74) is 27.8. The van der Waals surface area contributed by atoms with Gasteiger partial charge in [-0.3, -0.25) is 0 Å². The van der Waals surface area contributed by atoms with Crippen molar-refractivity contribution >= 4 is 43.6 Å². The Hall–Kier alpha value is -8.85. The fourth-order valence-electron chi connectivity index (χ4n) is 11.9. The maximum Gasteiger partial charge on any atom is 0.163 e. The van der Waals surface area contributed by atoms with Crippen LogP contribution in [0.15, 0.2) is 164 Å². The Balaban J connectivity index is 1.26. The average molecular weight is 956 g/mol. The summed E-state index contributed by atoms with van der Waals surface area (Å²) in [7, 11) is 0. The molecule has 5 nitrogen and oxygen atoms in total. The van der Waals surface area contributed by atoms with Gasteiger partial charge in [0.2, 0.25) is 0 Å². The van der Waals surface area contributed by atoms with Crippen molar-refractivity contribution in [2.45, 2.75) is 69.2 Å². The highest BCUT2D eigenvalue weighted by Gasteiger charge is 2.27. The highest BCUT2D eigenvalue weighted by atomic mass is 15.0. The van der Waals surface area contributed by atoms with Crippen LogP contribution in [0, 0.1) is 80.6 Å². The summed E-state index contributed by atoms with van der Waals surface area (Å²) in [6.45, 7) is 21.4. The number of rotatable bonds is 7. The van der Waals surface area contributed by atoms with E-state index in [1.807, 2.05) is 19.9 Å². The van der Waals surface area contributed by atoms with Crippen molar-refractivity contribution in [3.05, 3.63) is 225 Å². The van der Waals surface area contributed by atoms with E-state index in [0.29, 0.717) is 11.4 Å². The molecule has 9 aromatic carbocycles. The third-order valence-corrected chi connectivity index (χ3v) is 15.2. The van der Waals surface area contributed by atoms with Gasteiger partial charge in [0.15, 0.2) is 5.82 Å². The first-order chi connectivity index (χ1) is 35.7. The molecular weight excluding hydrogens is 899 g/mol. The topological polar surface area (TPSA) is 59.4 Å². The molecule has 0 aliphatic carbocycles. The van der Waals surface area contributed by atoms with Crippen molar-refractivity contribution in [1.82, 2.24) is 19.1 Å². The molecule has 0 atom stereocenters. The Labute approximate surface area is 433 Å². The molecule has 12 rings (SSSR count). The lowest BCUT2D eigenvalue weighted by Gasteiger charge is -2.21. The first-order valence-corrected chi connectivity index (χ1v) is 25.6. The van der Waals surface area contributed by atoms with Gasteiger partial charge in [0.1, 0.15) is 0 Å². The Morgan fingerprint density at radius 2 is 0.635 bits per heavy atom. The standard InChI is InChI=1S/C69H57N5/c1-39-11-19-54(43(5)27-39)50-15-23-58-59-24-16-51(55-20-12-40(2)28-44(55)6)35-63(59)73(62(58)34-50)66-32-49(38-70)33-67(68(66)69-71-47(9)31-48(10)72-69)74-64-36-52(56-21-13-41(3)29-45(56)7)17-25-60(64)61-26-18-53(37-65(61)74)57-22-14-42(4)30-46(57)8/h11-37H,1-10H3. The molecule has 0 saturated heterocycles. The molecule has 0 amide bonds. The molecule has 0 radical (unpaired) electrons. The maximum atomic E-state index is 11.4.